The van der Waals surface area contributed by atoms with Gasteiger partial charge in [0.2, 0.25) is 5.95 Å². The van der Waals surface area contributed by atoms with E-state index in [0.717, 1.165) is 22.2 Å². The van der Waals surface area contributed by atoms with Crippen molar-refractivity contribution in [3.8, 4) is 0 Å². The maximum Gasteiger partial charge on any atom is 0.205 e. The lowest BCUT2D eigenvalue weighted by molar-refractivity contribution is 1.31. The highest BCUT2D eigenvalue weighted by Crippen LogP contribution is 2.30. The summed E-state index contributed by atoms with van der Waals surface area (Å²) in [5, 5.41) is 4.64. The minimum Gasteiger partial charge on any atom is -0.358 e. The SMILES string of the molecule is Clc1cc(Cl)c2nc(Nc3c[nH]c4ccc(Cl)nc34)[nH]c2c1. The smallest absolute Gasteiger partial charge is 0.205 e. The van der Waals surface area contributed by atoms with E-state index in [1.165, 1.54) is 0 Å². The van der Waals surface area contributed by atoms with Crippen molar-refractivity contribution in [2.45, 2.75) is 0 Å². The third-order valence-corrected chi connectivity index (χ3v) is 3.96. The van der Waals surface area contributed by atoms with E-state index in [4.69, 9.17) is 34.8 Å². The van der Waals surface area contributed by atoms with Crippen molar-refractivity contribution in [2.24, 2.45) is 0 Å². The van der Waals surface area contributed by atoms with Crippen LogP contribution >= 0.6 is 34.8 Å². The van der Waals surface area contributed by atoms with Gasteiger partial charge in [-0.2, -0.15) is 0 Å². The number of halogens is 3. The van der Waals surface area contributed by atoms with E-state index in [1.807, 2.05) is 6.07 Å². The minimum absolute atomic E-state index is 0.426. The highest BCUT2D eigenvalue weighted by molar-refractivity contribution is 6.38. The zero-order valence-electron chi connectivity index (χ0n) is 10.9. The predicted octanol–water partition coefficient (Wildman–Crippen LogP) is 5.14. The van der Waals surface area contributed by atoms with Crippen molar-refractivity contribution >= 4 is 68.5 Å². The van der Waals surface area contributed by atoms with Crippen LogP contribution in [-0.4, -0.2) is 19.9 Å². The summed E-state index contributed by atoms with van der Waals surface area (Å²) in [4.78, 5) is 15.0. The Morgan fingerprint density at radius 2 is 1.82 bits per heavy atom. The van der Waals surface area contributed by atoms with Crippen LogP contribution in [0.5, 0.6) is 0 Å². The van der Waals surface area contributed by atoms with Crippen LogP contribution in [0.15, 0.2) is 30.5 Å². The fourth-order valence-corrected chi connectivity index (χ4v) is 2.98. The Bertz CT molecular complexity index is 1000. The molecule has 0 radical (unpaired) electrons. The number of pyridine rings is 1. The van der Waals surface area contributed by atoms with E-state index in [2.05, 4.69) is 25.3 Å². The van der Waals surface area contributed by atoms with Crippen LogP contribution < -0.4 is 5.32 Å². The first-order valence-electron chi connectivity index (χ1n) is 6.35. The molecule has 0 atom stereocenters. The fourth-order valence-electron chi connectivity index (χ4n) is 2.30. The number of H-pyrrole nitrogens is 2. The summed E-state index contributed by atoms with van der Waals surface area (Å²) in [6.07, 6.45) is 1.80. The van der Waals surface area contributed by atoms with E-state index in [0.29, 0.717) is 26.7 Å². The molecule has 3 heterocycles. The highest BCUT2D eigenvalue weighted by atomic mass is 35.5. The maximum atomic E-state index is 6.14. The molecule has 0 aliphatic rings. The maximum absolute atomic E-state index is 6.14. The molecule has 0 fully saturated rings. The second-order valence-electron chi connectivity index (χ2n) is 4.73. The average molecular weight is 353 g/mol. The molecule has 0 saturated heterocycles. The van der Waals surface area contributed by atoms with Crippen molar-refractivity contribution in [3.05, 3.63) is 45.7 Å². The quantitative estimate of drug-likeness (QED) is 0.437. The van der Waals surface area contributed by atoms with Crippen LogP contribution in [0.1, 0.15) is 0 Å². The fraction of sp³-hybridized carbons (Fsp3) is 0. The van der Waals surface area contributed by atoms with Gasteiger partial charge in [-0.1, -0.05) is 34.8 Å². The van der Waals surface area contributed by atoms with Gasteiger partial charge in [0.1, 0.15) is 16.2 Å². The molecule has 0 amide bonds. The Morgan fingerprint density at radius 1 is 0.955 bits per heavy atom. The van der Waals surface area contributed by atoms with Crippen molar-refractivity contribution in [1.82, 2.24) is 19.9 Å². The van der Waals surface area contributed by atoms with Gasteiger partial charge in [-0.25, -0.2) is 9.97 Å². The Kier molecular flexibility index (Phi) is 3.14. The first kappa shape index (κ1) is 13.7. The summed E-state index contributed by atoms with van der Waals surface area (Å²) in [5.41, 5.74) is 3.78. The molecule has 0 spiro atoms. The van der Waals surface area contributed by atoms with Crippen molar-refractivity contribution in [2.75, 3.05) is 5.32 Å². The van der Waals surface area contributed by atoms with Crippen LogP contribution in [0.25, 0.3) is 22.1 Å². The summed E-state index contributed by atoms with van der Waals surface area (Å²) >= 11 is 18.1. The minimum atomic E-state index is 0.426. The monoisotopic (exact) mass is 351 g/mol. The van der Waals surface area contributed by atoms with Gasteiger partial charge in [0.25, 0.3) is 0 Å². The lowest BCUT2D eigenvalue weighted by atomic mass is 10.3. The van der Waals surface area contributed by atoms with E-state index in [9.17, 15) is 0 Å². The van der Waals surface area contributed by atoms with Crippen LogP contribution in [0.2, 0.25) is 15.2 Å². The average Bonchev–Trinajstić information content (AvgIpc) is 3.03. The number of hydrogen-bond donors (Lipinski definition) is 3. The molecule has 3 N–H and O–H groups in total. The number of benzene rings is 1. The summed E-state index contributed by atoms with van der Waals surface area (Å²) in [7, 11) is 0. The van der Waals surface area contributed by atoms with Gasteiger partial charge in [-0.05, 0) is 24.3 Å². The summed E-state index contributed by atoms with van der Waals surface area (Å²) in [5.74, 6) is 0.543. The summed E-state index contributed by atoms with van der Waals surface area (Å²) in [6.45, 7) is 0. The first-order valence-corrected chi connectivity index (χ1v) is 7.49. The molecule has 5 nitrogen and oxygen atoms in total. The zero-order valence-corrected chi connectivity index (χ0v) is 13.2. The third kappa shape index (κ3) is 2.27. The molecule has 1 aromatic carbocycles. The van der Waals surface area contributed by atoms with Crippen LogP contribution in [0.4, 0.5) is 11.6 Å². The topological polar surface area (TPSA) is 69.4 Å². The highest BCUT2D eigenvalue weighted by Gasteiger charge is 2.11. The van der Waals surface area contributed by atoms with E-state index in [-0.39, 0.29) is 0 Å². The van der Waals surface area contributed by atoms with Gasteiger partial charge >= 0.3 is 0 Å². The zero-order chi connectivity index (χ0) is 15.3. The van der Waals surface area contributed by atoms with Gasteiger partial charge < -0.3 is 15.3 Å². The molecule has 8 heteroatoms. The Balaban J connectivity index is 1.79. The van der Waals surface area contributed by atoms with Crippen LogP contribution in [0.3, 0.4) is 0 Å². The number of aromatic amines is 2. The van der Waals surface area contributed by atoms with Crippen LogP contribution in [-0.2, 0) is 0 Å². The van der Waals surface area contributed by atoms with Gasteiger partial charge in [0.05, 0.1) is 21.7 Å². The van der Waals surface area contributed by atoms with Gasteiger partial charge in [-0.15, -0.1) is 0 Å². The van der Waals surface area contributed by atoms with Crippen molar-refractivity contribution in [1.29, 1.82) is 0 Å². The molecule has 0 aliphatic carbocycles. The number of nitrogens with one attached hydrogen (secondary N) is 3. The normalized spacial score (nSPS) is 11.4. The lowest BCUT2D eigenvalue weighted by Gasteiger charge is -1.99. The molecule has 3 aromatic heterocycles. The lowest BCUT2D eigenvalue weighted by Crippen LogP contribution is -1.91. The second kappa shape index (κ2) is 5.05. The number of aromatic nitrogens is 4. The Morgan fingerprint density at radius 3 is 2.68 bits per heavy atom. The number of fused-ring (bicyclic) bond motifs is 2. The molecule has 0 saturated carbocycles. The first-order chi connectivity index (χ1) is 10.6. The predicted molar refractivity (Wildman–Crippen MR) is 90.5 cm³/mol. The molecule has 110 valence electrons. The molecule has 4 rings (SSSR count). The van der Waals surface area contributed by atoms with E-state index in [1.54, 1.807) is 24.4 Å². The number of hydrogen-bond acceptors (Lipinski definition) is 3. The van der Waals surface area contributed by atoms with Crippen LogP contribution in [0, 0.1) is 0 Å². The molecular formula is C14H8Cl3N5. The molecule has 22 heavy (non-hydrogen) atoms. The molecule has 0 bridgehead atoms. The molecule has 0 aliphatic heterocycles. The summed E-state index contributed by atoms with van der Waals surface area (Å²) in [6, 6.07) is 7.02. The van der Waals surface area contributed by atoms with Gasteiger partial charge in [-0.3, -0.25) is 0 Å². The number of nitrogens with zero attached hydrogens (tertiary/aromatic N) is 2. The number of imidazole rings is 1. The standard InChI is InChI=1S/C14H8Cl3N5/c15-6-3-7(16)12-9(4-6)19-14(22-12)20-10-5-18-8-1-2-11(17)21-13(8)10/h1-5,18H,(H2,19,20,22). The largest absolute Gasteiger partial charge is 0.358 e. The van der Waals surface area contributed by atoms with E-state index < -0.39 is 0 Å². The molecule has 0 unspecified atom stereocenters. The van der Waals surface area contributed by atoms with Gasteiger partial charge in [0, 0.05) is 11.2 Å². The number of rotatable bonds is 2. The third-order valence-electron chi connectivity index (χ3n) is 3.25. The second-order valence-corrected chi connectivity index (χ2v) is 5.96. The van der Waals surface area contributed by atoms with Gasteiger partial charge in [0.15, 0.2) is 0 Å². The Labute approximate surface area is 139 Å². The van der Waals surface area contributed by atoms with Crippen molar-refractivity contribution < 1.29 is 0 Å². The Hall–Kier alpha value is -1.95. The van der Waals surface area contributed by atoms with Crippen molar-refractivity contribution in [3.63, 3.8) is 0 Å². The molecular weight excluding hydrogens is 345 g/mol. The van der Waals surface area contributed by atoms with E-state index >= 15 is 0 Å². The summed E-state index contributed by atoms with van der Waals surface area (Å²) < 4.78 is 0. The number of anilines is 2. The molecule has 4 aromatic rings.